The van der Waals surface area contributed by atoms with Crippen LogP contribution in [0, 0.1) is 6.92 Å². The van der Waals surface area contributed by atoms with E-state index in [1.165, 1.54) is 11.1 Å². The van der Waals surface area contributed by atoms with Gasteiger partial charge in [0.15, 0.2) is 0 Å². The van der Waals surface area contributed by atoms with Crippen molar-refractivity contribution in [2.24, 2.45) is 0 Å². The molecule has 0 aliphatic rings. The molecule has 0 radical (unpaired) electrons. The molecule has 1 N–H and O–H groups in total. The molecule has 0 saturated heterocycles. The highest BCUT2D eigenvalue weighted by Gasteiger charge is 2.15. The molecule has 0 aliphatic carbocycles. The Hall–Kier alpha value is -2.94. The Labute approximate surface area is 128 Å². The summed E-state index contributed by atoms with van der Waals surface area (Å²) < 4.78 is 0. The lowest BCUT2D eigenvalue weighted by Crippen LogP contribution is -1.84. The van der Waals surface area contributed by atoms with Crippen molar-refractivity contribution in [2.45, 2.75) is 6.92 Å². The quantitative estimate of drug-likeness (QED) is 0.584. The van der Waals surface area contributed by atoms with Crippen molar-refractivity contribution in [2.75, 3.05) is 0 Å². The molecule has 22 heavy (non-hydrogen) atoms. The van der Waals surface area contributed by atoms with E-state index in [-0.39, 0.29) is 0 Å². The van der Waals surface area contributed by atoms with E-state index < -0.39 is 0 Å². The first kappa shape index (κ1) is 12.8. The van der Waals surface area contributed by atoms with Crippen LogP contribution in [0.1, 0.15) is 5.56 Å². The third kappa shape index (κ3) is 2.07. The molecule has 0 bridgehead atoms. The van der Waals surface area contributed by atoms with Gasteiger partial charge in [0.25, 0.3) is 0 Å². The number of rotatable bonds is 2. The molecule has 0 fully saturated rings. The number of benzene rings is 1. The summed E-state index contributed by atoms with van der Waals surface area (Å²) in [4.78, 5) is 12.2. The Morgan fingerprint density at radius 2 is 1.59 bits per heavy atom. The van der Waals surface area contributed by atoms with Crippen molar-refractivity contribution in [1.29, 1.82) is 0 Å². The molecule has 3 heterocycles. The molecule has 3 nitrogen and oxygen atoms in total. The van der Waals surface area contributed by atoms with Gasteiger partial charge in [-0.3, -0.25) is 9.97 Å². The maximum absolute atomic E-state index is 4.58. The number of fused-ring (bicyclic) bond motifs is 1. The number of aromatic amines is 1. The van der Waals surface area contributed by atoms with E-state index in [9.17, 15) is 0 Å². The Bertz CT molecular complexity index is 922. The molecule has 106 valence electrons. The number of hydrogen-bond donors (Lipinski definition) is 1. The van der Waals surface area contributed by atoms with Gasteiger partial charge in [-0.1, -0.05) is 29.8 Å². The summed E-state index contributed by atoms with van der Waals surface area (Å²) in [6.07, 6.45) is 5.46. The molecule has 4 rings (SSSR count). The Kier molecular flexibility index (Phi) is 2.97. The summed E-state index contributed by atoms with van der Waals surface area (Å²) in [7, 11) is 0. The highest BCUT2D eigenvalue weighted by atomic mass is 14.8. The SMILES string of the molecule is Cc1ccc(-c2c(-c3ccncc3)[nH]c3cccnc23)cc1. The monoisotopic (exact) mass is 285 g/mol. The van der Waals surface area contributed by atoms with E-state index in [4.69, 9.17) is 0 Å². The van der Waals surface area contributed by atoms with Gasteiger partial charge in [-0.05, 0) is 36.8 Å². The Balaban J connectivity index is 2.04. The van der Waals surface area contributed by atoms with Crippen molar-refractivity contribution >= 4 is 11.0 Å². The fourth-order valence-corrected chi connectivity index (χ4v) is 2.76. The van der Waals surface area contributed by atoms with Gasteiger partial charge in [-0.2, -0.15) is 0 Å². The lowest BCUT2D eigenvalue weighted by Gasteiger charge is -2.05. The summed E-state index contributed by atoms with van der Waals surface area (Å²) in [5, 5.41) is 0. The molecular weight excluding hydrogens is 270 g/mol. The van der Waals surface area contributed by atoms with Gasteiger partial charge in [0.05, 0.1) is 16.7 Å². The van der Waals surface area contributed by atoms with E-state index in [1.54, 1.807) is 0 Å². The van der Waals surface area contributed by atoms with Crippen LogP contribution >= 0.6 is 0 Å². The summed E-state index contributed by atoms with van der Waals surface area (Å²) in [5.74, 6) is 0. The highest BCUT2D eigenvalue weighted by Crippen LogP contribution is 2.36. The first-order chi connectivity index (χ1) is 10.8. The van der Waals surface area contributed by atoms with Crippen molar-refractivity contribution in [3.63, 3.8) is 0 Å². The standard InChI is InChI=1S/C19H15N3/c1-13-4-6-14(7-5-13)17-18(15-8-11-20-12-9-15)22-16-3-2-10-21-19(16)17/h2-12,22H,1H3. The molecule has 0 saturated carbocycles. The molecule has 0 spiro atoms. The predicted molar refractivity (Wildman–Crippen MR) is 89.5 cm³/mol. The fourth-order valence-electron chi connectivity index (χ4n) is 2.76. The van der Waals surface area contributed by atoms with Crippen LogP contribution in [0.4, 0.5) is 0 Å². The van der Waals surface area contributed by atoms with E-state index in [0.717, 1.165) is 27.9 Å². The second-order valence-electron chi connectivity index (χ2n) is 5.38. The molecule has 0 unspecified atom stereocenters. The van der Waals surface area contributed by atoms with Crippen LogP contribution in [0.15, 0.2) is 67.1 Å². The second-order valence-corrected chi connectivity index (χ2v) is 5.38. The van der Waals surface area contributed by atoms with E-state index in [0.29, 0.717) is 0 Å². The first-order valence-corrected chi connectivity index (χ1v) is 7.27. The minimum absolute atomic E-state index is 0.998. The minimum Gasteiger partial charge on any atom is -0.353 e. The molecule has 0 atom stereocenters. The summed E-state index contributed by atoms with van der Waals surface area (Å²) in [5.41, 5.74) is 7.80. The lowest BCUT2D eigenvalue weighted by atomic mass is 10.00. The molecule has 0 amide bonds. The average molecular weight is 285 g/mol. The van der Waals surface area contributed by atoms with Crippen LogP contribution in [-0.2, 0) is 0 Å². The van der Waals surface area contributed by atoms with Crippen LogP contribution in [0.3, 0.4) is 0 Å². The molecule has 0 aliphatic heterocycles. The van der Waals surface area contributed by atoms with Gasteiger partial charge >= 0.3 is 0 Å². The summed E-state index contributed by atoms with van der Waals surface area (Å²) in [6, 6.07) is 16.6. The van der Waals surface area contributed by atoms with Crippen LogP contribution in [0.25, 0.3) is 33.4 Å². The van der Waals surface area contributed by atoms with Gasteiger partial charge in [0.2, 0.25) is 0 Å². The van der Waals surface area contributed by atoms with Crippen LogP contribution in [0.2, 0.25) is 0 Å². The third-order valence-electron chi connectivity index (χ3n) is 3.86. The number of nitrogens with one attached hydrogen (secondary N) is 1. The Morgan fingerprint density at radius 3 is 2.36 bits per heavy atom. The van der Waals surface area contributed by atoms with Crippen molar-refractivity contribution < 1.29 is 0 Å². The number of hydrogen-bond acceptors (Lipinski definition) is 2. The van der Waals surface area contributed by atoms with Crippen molar-refractivity contribution in [3.8, 4) is 22.4 Å². The number of aromatic nitrogens is 3. The zero-order valence-corrected chi connectivity index (χ0v) is 12.2. The largest absolute Gasteiger partial charge is 0.353 e. The lowest BCUT2D eigenvalue weighted by molar-refractivity contribution is 1.32. The molecule has 4 aromatic rings. The zero-order valence-electron chi connectivity index (χ0n) is 12.2. The number of H-pyrrole nitrogens is 1. The molecule has 1 aromatic carbocycles. The van der Waals surface area contributed by atoms with E-state index in [1.807, 2.05) is 36.8 Å². The normalized spacial score (nSPS) is 11.0. The van der Waals surface area contributed by atoms with Crippen LogP contribution in [0.5, 0.6) is 0 Å². The Morgan fingerprint density at radius 1 is 0.818 bits per heavy atom. The predicted octanol–water partition coefficient (Wildman–Crippen LogP) is 4.60. The van der Waals surface area contributed by atoms with Gasteiger partial charge in [0, 0.05) is 29.7 Å². The van der Waals surface area contributed by atoms with Crippen LogP contribution in [-0.4, -0.2) is 15.0 Å². The number of pyridine rings is 2. The van der Waals surface area contributed by atoms with E-state index in [2.05, 4.69) is 52.2 Å². The van der Waals surface area contributed by atoms with Gasteiger partial charge in [-0.25, -0.2) is 0 Å². The number of aryl methyl sites for hydroxylation is 1. The van der Waals surface area contributed by atoms with Gasteiger partial charge < -0.3 is 4.98 Å². The highest BCUT2D eigenvalue weighted by molar-refractivity contribution is 6.01. The second kappa shape index (κ2) is 5.11. The van der Waals surface area contributed by atoms with Crippen LogP contribution < -0.4 is 0 Å². The molecule has 3 aromatic heterocycles. The fraction of sp³-hybridized carbons (Fsp3) is 0.0526. The zero-order chi connectivity index (χ0) is 14.9. The third-order valence-corrected chi connectivity index (χ3v) is 3.86. The van der Waals surface area contributed by atoms with Crippen molar-refractivity contribution in [1.82, 2.24) is 15.0 Å². The maximum atomic E-state index is 4.58. The smallest absolute Gasteiger partial charge is 0.0963 e. The molecular formula is C19H15N3. The van der Waals surface area contributed by atoms with Gasteiger partial charge in [0.1, 0.15) is 0 Å². The summed E-state index contributed by atoms with van der Waals surface area (Å²) >= 11 is 0. The van der Waals surface area contributed by atoms with Gasteiger partial charge in [-0.15, -0.1) is 0 Å². The topological polar surface area (TPSA) is 41.6 Å². The first-order valence-electron chi connectivity index (χ1n) is 7.27. The minimum atomic E-state index is 0.998. The maximum Gasteiger partial charge on any atom is 0.0963 e. The number of nitrogens with zero attached hydrogens (tertiary/aromatic N) is 2. The summed E-state index contributed by atoms with van der Waals surface area (Å²) in [6.45, 7) is 2.10. The molecule has 3 heteroatoms. The van der Waals surface area contributed by atoms with E-state index >= 15 is 0 Å². The average Bonchev–Trinajstić information content (AvgIpc) is 2.96. The van der Waals surface area contributed by atoms with Crippen molar-refractivity contribution in [3.05, 3.63) is 72.7 Å².